The van der Waals surface area contributed by atoms with Gasteiger partial charge in [0.2, 0.25) is 0 Å². The number of benzene rings is 1. The summed E-state index contributed by atoms with van der Waals surface area (Å²) in [5.41, 5.74) is 0.0708. The summed E-state index contributed by atoms with van der Waals surface area (Å²) in [7, 11) is 3.46. The first-order valence-electron chi connectivity index (χ1n) is 7.45. The molecule has 1 aromatic rings. The molecule has 1 N–H and O–H groups in total. The molecule has 4 heteroatoms. The first-order valence-corrected chi connectivity index (χ1v) is 7.45. The van der Waals surface area contributed by atoms with Gasteiger partial charge in [0.15, 0.2) is 5.54 Å². The molecule has 0 saturated heterocycles. The first-order chi connectivity index (χ1) is 9.83. The van der Waals surface area contributed by atoms with Crippen LogP contribution in [0.4, 0.5) is 0 Å². The Kier molecular flexibility index (Phi) is 6.37. The number of ether oxygens (including phenoxy) is 1. The summed E-state index contributed by atoms with van der Waals surface area (Å²) in [6.07, 6.45) is 0. The van der Waals surface area contributed by atoms with Crippen LogP contribution >= 0.6 is 0 Å². The van der Waals surface area contributed by atoms with E-state index in [0.717, 1.165) is 5.56 Å². The molecule has 0 aliphatic heterocycles. The zero-order valence-corrected chi connectivity index (χ0v) is 14.0. The average molecular weight is 292 g/mol. The molecule has 0 fully saturated rings. The van der Waals surface area contributed by atoms with E-state index in [-0.39, 0.29) is 12.0 Å². The Morgan fingerprint density at radius 3 is 2.24 bits per heavy atom. The van der Waals surface area contributed by atoms with E-state index in [1.807, 2.05) is 51.2 Å². The van der Waals surface area contributed by atoms with Crippen LogP contribution < -0.4 is 5.32 Å². The van der Waals surface area contributed by atoms with Crippen LogP contribution in [0.15, 0.2) is 30.3 Å². The SMILES string of the molecule is COC(=O)C(CN(C)C(C)C)(NC(C)C)c1ccccc1. The Labute approximate surface area is 128 Å². The van der Waals surface area contributed by atoms with Gasteiger partial charge < -0.3 is 9.64 Å². The first kappa shape index (κ1) is 17.7. The Bertz CT molecular complexity index is 445. The maximum Gasteiger partial charge on any atom is 0.332 e. The smallest absolute Gasteiger partial charge is 0.332 e. The number of carbonyl (C=O) groups excluding carboxylic acids is 1. The molecule has 0 aliphatic rings. The molecule has 0 aromatic heterocycles. The van der Waals surface area contributed by atoms with Gasteiger partial charge in [-0.3, -0.25) is 5.32 Å². The number of hydrogen-bond acceptors (Lipinski definition) is 4. The van der Waals surface area contributed by atoms with E-state index in [1.54, 1.807) is 0 Å². The van der Waals surface area contributed by atoms with Crippen molar-refractivity contribution in [3.63, 3.8) is 0 Å². The second kappa shape index (κ2) is 7.57. The van der Waals surface area contributed by atoms with E-state index < -0.39 is 5.54 Å². The van der Waals surface area contributed by atoms with Crippen molar-refractivity contribution in [1.29, 1.82) is 0 Å². The summed E-state index contributed by atoms with van der Waals surface area (Å²) in [6, 6.07) is 10.3. The molecule has 1 aromatic carbocycles. The molecule has 0 saturated carbocycles. The number of methoxy groups -OCH3 is 1. The standard InChI is InChI=1S/C17H28N2O2/c1-13(2)18-17(16(20)21-6,12-19(5)14(3)4)15-10-8-7-9-11-15/h7-11,13-14,18H,12H2,1-6H3. The van der Waals surface area contributed by atoms with E-state index in [2.05, 4.69) is 24.1 Å². The van der Waals surface area contributed by atoms with Gasteiger partial charge in [0.05, 0.1) is 7.11 Å². The van der Waals surface area contributed by atoms with Gasteiger partial charge in [-0.1, -0.05) is 30.3 Å². The van der Waals surface area contributed by atoms with Crippen LogP contribution in [0.2, 0.25) is 0 Å². The molecular formula is C17H28N2O2. The predicted octanol–water partition coefficient (Wildman–Crippen LogP) is 2.39. The van der Waals surface area contributed by atoms with Crippen molar-refractivity contribution < 1.29 is 9.53 Å². The number of esters is 1. The van der Waals surface area contributed by atoms with E-state index in [9.17, 15) is 4.79 Å². The quantitative estimate of drug-likeness (QED) is 0.784. The van der Waals surface area contributed by atoms with Crippen LogP contribution in [0.25, 0.3) is 0 Å². The third kappa shape index (κ3) is 4.29. The van der Waals surface area contributed by atoms with Crippen LogP contribution in [0.5, 0.6) is 0 Å². The molecule has 0 amide bonds. The molecular weight excluding hydrogens is 264 g/mol. The number of carbonyl (C=O) groups is 1. The van der Waals surface area contributed by atoms with Crippen LogP contribution in [0.1, 0.15) is 33.3 Å². The molecule has 0 aliphatic carbocycles. The van der Waals surface area contributed by atoms with Crippen LogP contribution in [0, 0.1) is 0 Å². The van der Waals surface area contributed by atoms with Gasteiger partial charge in [0.25, 0.3) is 0 Å². The summed E-state index contributed by atoms with van der Waals surface area (Å²) < 4.78 is 5.12. The molecule has 1 atom stereocenters. The van der Waals surface area contributed by atoms with E-state index in [1.165, 1.54) is 7.11 Å². The number of nitrogens with one attached hydrogen (secondary N) is 1. The second-order valence-electron chi connectivity index (χ2n) is 6.07. The van der Waals surface area contributed by atoms with Gasteiger partial charge in [0, 0.05) is 18.6 Å². The fourth-order valence-electron chi connectivity index (χ4n) is 2.41. The fraction of sp³-hybridized carbons (Fsp3) is 0.588. The number of nitrogens with zero attached hydrogens (tertiary/aromatic N) is 1. The maximum atomic E-state index is 12.6. The Hall–Kier alpha value is -1.39. The zero-order valence-electron chi connectivity index (χ0n) is 14.0. The van der Waals surface area contributed by atoms with Gasteiger partial charge in [-0.15, -0.1) is 0 Å². The molecule has 0 bridgehead atoms. The molecule has 21 heavy (non-hydrogen) atoms. The summed E-state index contributed by atoms with van der Waals surface area (Å²) >= 11 is 0. The fourth-order valence-corrected chi connectivity index (χ4v) is 2.41. The molecule has 1 rings (SSSR count). The van der Waals surface area contributed by atoms with Crippen molar-refractivity contribution in [2.75, 3.05) is 20.7 Å². The largest absolute Gasteiger partial charge is 0.467 e. The van der Waals surface area contributed by atoms with Crippen molar-refractivity contribution in [1.82, 2.24) is 10.2 Å². The Balaban J connectivity index is 3.31. The second-order valence-corrected chi connectivity index (χ2v) is 6.07. The van der Waals surface area contributed by atoms with Crippen molar-refractivity contribution in [2.45, 2.75) is 45.3 Å². The van der Waals surface area contributed by atoms with Crippen molar-refractivity contribution in [3.8, 4) is 0 Å². The van der Waals surface area contributed by atoms with Crippen LogP contribution in [-0.4, -0.2) is 43.7 Å². The summed E-state index contributed by atoms with van der Waals surface area (Å²) in [5, 5.41) is 3.43. The average Bonchev–Trinajstić information content (AvgIpc) is 2.45. The summed E-state index contributed by atoms with van der Waals surface area (Å²) in [5.74, 6) is -0.255. The highest BCUT2D eigenvalue weighted by Crippen LogP contribution is 2.25. The third-order valence-electron chi connectivity index (χ3n) is 3.70. The molecule has 0 heterocycles. The van der Waals surface area contributed by atoms with Gasteiger partial charge >= 0.3 is 5.97 Å². The van der Waals surface area contributed by atoms with Crippen molar-refractivity contribution in [3.05, 3.63) is 35.9 Å². The van der Waals surface area contributed by atoms with Crippen molar-refractivity contribution >= 4 is 5.97 Å². The minimum Gasteiger partial charge on any atom is -0.467 e. The van der Waals surface area contributed by atoms with Gasteiger partial charge in [-0.25, -0.2) is 4.79 Å². The molecule has 1 unspecified atom stereocenters. The van der Waals surface area contributed by atoms with Crippen LogP contribution in [0.3, 0.4) is 0 Å². The number of hydrogen-bond donors (Lipinski definition) is 1. The summed E-state index contributed by atoms with van der Waals surface area (Å²) in [6.45, 7) is 8.86. The lowest BCUT2D eigenvalue weighted by Gasteiger charge is -2.38. The Morgan fingerprint density at radius 1 is 1.24 bits per heavy atom. The van der Waals surface area contributed by atoms with Gasteiger partial charge in [-0.2, -0.15) is 0 Å². The Morgan fingerprint density at radius 2 is 1.81 bits per heavy atom. The number of likely N-dealkylation sites (N-methyl/N-ethyl adjacent to an activating group) is 1. The van der Waals surface area contributed by atoms with Crippen LogP contribution in [-0.2, 0) is 15.1 Å². The molecule has 0 spiro atoms. The minimum absolute atomic E-state index is 0.157. The highest BCUT2D eigenvalue weighted by Gasteiger charge is 2.43. The highest BCUT2D eigenvalue weighted by molar-refractivity contribution is 5.83. The predicted molar refractivity (Wildman–Crippen MR) is 86.2 cm³/mol. The van der Waals surface area contributed by atoms with E-state index in [4.69, 9.17) is 4.74 Å². The molecule has 118 valence electrons. The van der Waals surface area contributed by atoms with E-state index in [0.29, 0.717) is 12.6 Å². The lowest BCUT2D eigenvalue weighted by atomic mass is 9.88. The minimum atomic E-state index is -0.858. The lowest BCUT2D eigenvalue weighted by Crippen LogP contribution is -2.59. The normalized spacial score (nSPS) is 14.5. The monoisotopic (exact) mass is 292 g/mol. The maximum absolute atomic E-state index is 12.6. The lowest BCUT2D eigenvalue weighted by molar-refractivity contribution is -0.150. The highest BCUT2D eigenvalue weighted by atomic mass is 16.5. The summed E-state index contributed by atoms with van der Waals surface area (Å²) in [4.78, 5) is 14.8. The van der Waals surface area contributed by atoms with E-state index >= 15 is 0 Å². The topological polar surface area (TPSA) is 41.6 Å². The number of rotatable bonds is 7. The van der Waals surface area contributed by atoms with Crippen molar-refractivity contribution in [2.24, 2.45) is 0 Å². The van der Waals surface area contributed by atoms with Gasteiger partial charge in [0.1, 0.15) is 0 Å². The third-order valence-corrected chi connectivity index (χ3v) is 3.70. The van der Waals surface area contributed by atoms with Gasteiger partial charge in [-0.05, 0) is 40.3 Å². The molecule has 4 nitrogen and oxygen atoms in total. The zero-order chi connectivity index (χ0) is 16.0. The molecule has 0 radical (unpaired) electrons.